The van der Waals surface area contributed by atoms with E-state index >= 15 is 0 Å². The van der Waals surface area contributed by atoms with Crippen LogP contribution in [0.15, 0.2) is 18.2 Å². The number of rotatable bonds is 7. The Bertz CT molecular complexity index is 568. The first-order valence-corrected chi connectivity index (χ1v) is 9.21. The highest BCUT2D eigenvalue weighted by atomic mass is 19.1. The van der Waals surface area contributed by atoms with Crippen LogP contribution in [0, 0.1) is 5.82 Å². The van der Waals surface area contributed by atoms with Gasteiger partial charge in [0.15, 0.2) is 0 Å². The Hall–Kier alpha value is -0.945. The van der Waals surface area contributed by atoms with E-state index in [1.165, 1.54) is 25.3 Å². The van der Waals surface area contributed by atoms with E-state index in [0.717, 1.165) is 12.8 Å². The van der Waals surface area contributed by atoms with Gasteiger partial charge in [0.25, 0.3) is 0 Å². The second kappa shape index (κ2) is 8.17. The SMILES string of the molecule is CC(C)(O)C(C)(C)OB(O)c1cccc(F)c1CNC1CCCCC1. The second-order valence-corrected chi connectivity index (χ2v) is 8.06. The van der Waals surface area contributed by atoms with Crippen molar-refractivity contribution in [3.8, 4) is 0 Å². The predicted octanol–water partition coefficient (Wildman–Crippen LogP) is 2.50. The van der Waals surface area contributed by atoms with Gasteiger partial charge in [-0.1, -0.05) is 31.4 Å². The third kappa shape index (κ3) is 5.27. The van der Waals surface area contributed by atoms with Gasteiger partial charge in [0.1, 0.15) is 5.82 Å². The van der Waals surface area contributed by atoms with Crippen molar-refractivity contribution in [2.24, 2.45) is 0 Å². The van der Waals surface area contributed by atoms with Gasteiger partial charge in [-0.2, -0.15) is 0 Å². The lowest BCUT2D eigenvalue weighted by Gasteiger charge is -2.38. The second-order valence-electron chi connectivity index (χ2n) is 8.06. The van der Waals surface area contributed by atoms with Crippen LogP contribution in [0.4, 0.5) is 4.39 Å². The summed E-state index contributed by atoms with van der Waals surface area (Å²) < 4.78 is 20.1. The Morgan fingerprint density at radius 2 is 1.84 bits per heavy atom. The summed E-state index contributed by atoms with van der Waals surface area (Å²) in [6.07, 6.45) is 5.88. The minimum atomic E-state index is -1.31. The maximum atomic E-state index is 14.4. The lowest BCUT2D eigenvalue weighted by atomic mass is 9.74. The van der Waals surface area contributed by atoms with Crippen LogP contribution in [-0.2, 0) is 11.2 Å². The molecule has 1 aromatic rings. The van der Waals surface area contributed by atoms with E-state index in [0.29, 0.717) is 23.6 Å². The molecule has 0 atom stereocenters. The van der Waals surface area contributed by atoms with Crippen LogP contribution in [0.25, 0.3) is 0 Å². The van der Waals surface area contributed by atoms with Crippen molar-refractivity contribution in [3.63, 3.8) is 0 Å². The third-order valence-electron chi connectivity index (χ3n) is 5.47. The Labute approximate surface area is 150 Å². The van der Waals surface area contributed by atoms with Crippen LogP contribution in [0.2, 0.25) is 0 Å². The van der Waals surface area contributed by atoms with Gasteiger partial charge < -0.3 is 20.1 Å². The van der Waals surface area contributed by atoms with Crippen molar-refractivity contribution in [2.45, 2.75) is 83.6 Å². The Morgan fingerprint density at radius 3 is 2.44 bits per heavy atom. The number of benzene rings is 1. The van der Waals surface area contributed by atoms with Gasteiger partial charge >= 0.3 is 7.12 Å². The summed E-state index contributed by atoms with van der Waals surface area (Å²) in [4.78, 5) is 0. The average Bonchev–Trinajstić information content (AvgIpc) is 2.53. The van der Waals surface area contributed by atoms with E-state index in [1.54, 1.807) is 39.8 Å². The summed E-state index contributed by atoms with van der Waals surface area (Å²) in [6, 6.07) is 5.03. The zero-order valence-electron chi connectivity index (χ0n) is 15.8. The van der Waals surface area contributed by atoms with E-state index in [9.17, 15) is 14.5 Å². The predicted molar refractivity (Wildman–Crippen MR) is 99.2 cm³/mol. The van der Waals surface area contributed by atoms with E-state index in [1.807, 2.05) is 0 Å². The van der Waals surface area contributed by atoms with Crippen molar-refractivity contribution >= 4 is 12.6 Å². The van der Waals surface area contributed by atoms with Crippen LogP contribution in [-0.4, -0.2) is 34.5 Å². The zero-order chi connectivity index (χ0) is 18.7. The molecule has 0 heterocycles. The van der Waals surface area contributed by atoms with Crippen LogP contribution >= 0.6 is 0 Å². The van der Waals surface area contributed by atoms with Crippen molar-refractivity contribution in [1.82, 2.24) is 5.32 Å². The van der Waals surface area contributed by atoms with Gasteiger partial charge in [0.05, 0.1) is 11.2 Å². The standard InChI is InChI=1S/C19H31BFNO3/c1-18(2,23)19(3,4)25-20(24)16-11-8-12-17(21)15(16)13-22-14-9-6-5-7-10-14/h8,11-12,14,22-24H,5-7,9-10,13H2,1-4H3. The molecule has 0 aromatic heterocycles. The normalized spacial score (nSPS) is 16.9. The number of hydrogen-bond acceptors (Lipinski definition) is 4. The topological polar surface area (TPSA) is 61.7 Å². The molecule has 3 N–H and O–H groups in total. The molecule has 6 heteroatoms. The fraction of sp³-hybridized carbons (Fsp3) is 0.684. The number of halogens is 1. The molecule has 0 radical (unpaired) electrons. The number of hydrogen-bond donors (Lipinski definition) is 3. The summed E-state index contributed by atoms with van der Waals surface area (Å²) in [7, 11) is -1.31. The molecule has 0 unspecified atom stereocenters. The Balaban J connectivity index is 2.13. The van der Waals surface area contributed by atoms with E-state index in [-0.39, 0.29) is 5.82 Å². The highest BCUT2D eigenvalue weighted by molar-refractivity contribution is 6.60. The largest absolute Gasteiger partial charge is 0.492 e. The zero-order valence-corrected chi connectivity index (χ0v) is 15.8. The Morgan fingerprint density at radius 1 is 1.20 bits per heavy atom. The summed E-state index contributed by atoms with van der Waals surface area (Å²) in [5.74, 6) is -0.357. The summed E-state index contributed by atoms with van der Waals surface area (Å²) in [6.45, 7) is 7.01. The highest BCUT2D eigenvalue weighted by Crippen LogP contribution is 2.25. The lowest BCUT2D eigenvalue weighted by Crippen LogP contribution is -2.53. The van der Waals surface area contributed by atoms with E-state index in [4.69, 9.17) is 4.65 Å². The van der Waals surface area contributed by atoms with E-state index < -0.39 is 18.3 Å². The molecular formula is C19H31BFNO3. The maximum Gasteiger partial charge on any atom is 0.492 e. The van der Waals surface area contributed by atoms with E-state index in [2.05, 4.69) is 5.32 Å². The van der Waals surface area contributed by atoms with Gasteiger partial charge in [-0.3, -0.25) is 0 Å². The van der Waals surface area contributed by atoms with Gasteiger partial charge in [-0.15, -0.1) is 0 Å². The minimum Gasteiger partial charge on any atom is -0.423 e. The van der Waals surface area contributed by atoms with Crippen molar-refractivity contribution in [2.75, 3.05) is 0 Å². The molecule has 0 aliphatic heterocycles. The number of aliphatic hydroxyl groups is 1. The van der Waals surface area contributed by atoms with Crippen LogP contribution in [0.1, 0.15) is 65.4 Å². The molecule has 0 spiro atoms. The Kier molecular flexibility index (Phi) is 6.65. The molecule has 1 aliphatic carbocycles. The van der Waals surface area contributed by atoms with Crippen LogP contribution in [0.3, 0.4) is 0 Å². The molecule has 0 bridgehead atoms. The first kappa shape index (κ1) is 20.4. The van der Waals surface area contributed by atoms with Gasteiger partial charge in [-0.25, -0.2) is 4.39 Å². The molecule has 1 saturated carbocycles. The van der Waals surface area contributed by atoms with Gasteiger partial charge in [-0.05, 0) is 52.1 Å². The first-order chi connectivity index (χ1) is 11.6. The molecular weight excluding hydrogens is 320 g/mol. The fourth-order valence-corrected chi connectivity index (χ4v) is 3.03. The molecule has 140 valence electrons. The summed E-state index contributed by atoms with van der Waals surface area (Å²) in [5.41, 5.74) is -1.32. The summed E-state index contributed by atoms with van der Waals surface area (Å²) >= 11 is 0. The van der Waals surface area contributed by atoms with Crippen molar-refractivity contribution in [1.29, 1.82) is 0 Å². The van der Waals surface area contributed by atoms with Crippen molar-refractivity contribution in [3.05, 3.63) is 29.6 Å². The minimum absolute atomic E-state index is 0.357. The van der Waals surface area contributed by atoms with Gasteiger partial charge in [0, 0.05) is 18.2 Å². The molecule has 2 rings (SSSR count). The molecule has 25 heavy (non-hydrogen) atoms. The molecule has 1 aliphatic rings. The van der Waals surface area contributed by atoms with Crippen LogP contribution < -0.4 is 10.8 Å². The fourth-order valence-electron chi connectivity index (χ4n) is 3.03. The smallest absolute Gasteiger partial charge is 0.423 e. The molecule has 4 nitrogen and oxygen atoms in total. The molecule has 1 aromatic carbocycles. The monoisotopic (exact) mass is 351 g/mol. The molecule has 0 saturated heterocycles. The molecule has 0 amide bonds. The molecule has 1 fully saturated rings. The first-order valence-electron chi connectivity index (χ1n) is 9.21. The highest BCUT2D eigenvalue weighted by Gasteiger charge is 2.40. The quantitative estimate of drug-likeness (QED) is 0.661. The van der Waals surface area contributed by atoms with Crippen molar-refractivity contribution < 1.29 is 19.2 Å². The average molecular weight is 351 g/mol. The van der Waals surface area contributed by atoms with Crippen LogP contribution in [0.5, 0.6) is 0 Å². The summed E-state index contributed by atoms with van der Waals surface area (Å²) in [5, 5.41) is 24.2. The lowest BCUT2D eigenvalue weighted by molar-refractivity contribution is -0.0982. The third-order valence-corrected chi connectivity index (χ3v) is 5.47. The number of nitrogens with one attached hydrogen (secondary N) is 1. The maximum absolute atomic E-state index is 14.4. The van der Waals surface area contributed by atoms with Gasteiger partial charge in [0.2, 0.25) is 0 Å².